The quantitative estimate of drug-likeness (QED) is 0.772. The van der Waals surface area contributed by atoms with Gasteiger partial charge in [0.05, 0.1) is 4.90 Å². The second-order valence-corrected chi connectivity index (χ2v) is 7.81. The Bertz CT molecular complexity index is 831. The third kappa shape index (κ3) is 4.37. The van der Waals surface area contributed by atoms with Crippen molar-refractivity contribution in [1.29, 1.82) is 0 Å². The van der Waals surface area contributed by atoms with Gasteiger partial charge in [-0.25, -0.2) is 13.1 Å². The summed E-state index contributed by atoms with van der Waals surface area (Å²) in [5.41, 5.74) is 1.71. The molecule has 0 bridgehead atoms. The van der Waals surface area contributed by atoms with E-state index in [0.29, 0.717) is 23.4 Å². The van der Waals surface area contributed by atoms with Crippen LogP contribution in [0.15, 0.2) is 52.3 Å². The Kier molecular flexibility index (Phi) is 6.04. The molecule has 0 aromatic heterocycles. The van der Waals surface area contributed by atoms with E-state index in [1.165, 1.54) is 12.1 Å². The zero-order valence-electron chi connectivity index (χ0n) is 13.8. The molecule has 2 aromatic rings. The van der Waals surface area contributed by atoms with E-state index in [1.54, 1.807) is 31.7 Å². The van der Waals surface area contributed by atoms with E-state index in [2.05, 4.69) is 10.0 Å². The van der Waals surface area contributed by atoms with Gasteiger partial charge in [-0.2, -0.15) is 0 Å². The predicted octanol–water partition coefficient (Wildman–Crippen LogP) is 3.27. The van der Waals surface area contributed by atoms with Gasteiger partial charge in [-0.3, -0.25) is 4.79 Å². The molecule has 0 spiro atoms. The highest BCUT2D eigenvalue weighted by atomic mass is 32.2. The van der Waals surface area contributed by atoms with E-state index in [9.17, 15) is 13.2 Å². The fourth-order valence-corrected chi connectivity index (χ4v) is 3.63. The van der Waals surface area contributed by atoms with Crippen LogP contribution in [0.1, 0.15) is 22.8 Å². The molecule has 0 aliphatic carbocycles. The van der Waals surface area contributed by atoms with E-state index in [4.69, 9.17) is 0 Å². The molecule has 0 unspecified atom stereocenters. The molecule has 0 aliphatic heterocycles. The lowest BCUT2D eigenvalue weighted by atomic mass is 10.1. The zero-order valence-corrected chi connectivity index (χ0v) is 15.4. The maximum absolute atomic E-state index is 12.5. The summed E-state index contributed by atoms with van der Waals surface area (Å²) in [6.07, 6.45) is 1.98. The first-order valence-electron chi connectivity index (χ1n) is 7.43. The van der Waals surface area contributed by atoms with Crippen LogP contribution in [0.3, 0.4) is 0 Å². The minimum atomic E-state index is -3.60. The summed E-state index contributed by atoms with van der Waals surface area (Å²) in [5, 5.41) is 2.80. The maximum Gasteiger partial charge on any atom is 0.255 e. The van der Waals surface area contributed by atoms with Crippen molar-refractivity contribution in [2.45, 2.75) is 23.6 Å². The van der Waals surface area contributed by atoms with Crippen LogP contribution in [0.2, 0.25) is 0 Å². The topological polar surface area (TPSA) is 75.3 Å². The van der Waals surface area contributed by atoms with Gasteiger partial charge < -0.3 is 5.32 Å². The van der Waals surface area contributed by atoms with Crippen molar-refractivity contribution in [1.82, 2.24) is 4.72 Å². The molecule has 0 saturated heterocycles. The number of hydrogen-bond donors (Lipinski definition) is 2. The number of hydrogen-bond acceptors (Lipinski definition) is 4. The van der Waals surface area contributed by atoms with E-state index in [0.717, 1.165) is 4.90 Å². The molecule has 2 N–H and O–H groups in total. The molecule has 128 valence electrons. The summed E-state index contributed by atoms with van der Waals surface area (Å²) >= 11 is 1.62. The number of carbonyl (C=O) groups excluding carboxylic acids is 1. The third-order valence-electron chi connectivity index (χ3n) is 3.45. The molecular formula is C17H20N2O3S2. The largest absolute Gasteiger partial charge is 0.322 e. The molecule has 0 radical (unpaired) electrons. The van der Waals surface area contributed by atoms with Gasteiger partial charge in [-0.1, -0.05) is 13.0 Å². The molecule has 2 aromatic carbocycles. The lowest BCUT2D eigenvalue weighted by molar-refractivity contribution is 0.102. The highest BCUT2D eigenvalue weighted by Gasteiger charge is 2.17. The van der Waals surface area contributed by atoms with Crippen LogP contribution in [0.5, 0.6) is 0 Å². The molecule has 1 amide bonds. The molecule has 0 atom stereocenters. The lowest BCUT2D eigenvalue weighted by Crippen LogP contribution is -2.24. The van der Waals surface area contributed by atoms with Crippen LogP contribution < -0.4 is 10.0 Å². The molecule has 0 saturated carbocycles. The number of thioether (sulfide) groups is 1. The predicted molar refractivity (Wildman–Crippen MR) is 98.2 cm³/mol. The SMILES string of the molecule is CCNS(=O)(=O)c1ccc(C)c(C(=O)Nc2ccc(SC)cc2)c1. The molecular weight excluding hydrogens is 344 g/mol. The first-order valence-corrected chi connectivity index (χ1v) is 10.1. The van der Waals surface area contributed by atoms with Crippen LogP contribution in [0.25, 0.3) is 0 Å². The van der Waals surface area contributed by atoms with E-state index in [-0.39, 0.29) is 10.8 Å². The second kappa shape index (κ2) is 7.83. The van der Waals surface area contributed by atoms with Gasteiger partial charge in [0.25, 0.3) is 5.91 Å². The van der Waals surface area contributed by atoms with Crippen LogP contribution in [-0.4, -0.2) is 27.1 Å². The van der Waals surface area contributed by atoms with Gasteiger partial charge in [0.1, 0.15) is 0 Å². The Morgan fingerprint density at radius 1 is 1.12 bits per heavy atom. The summed E-state index contributed by atoms with van der Waals surface area (Å²) in [6, 6.07) is 12.0. The first-order chi connectivity index (χ1) is 11.4. The Balaban J connectivity index is 2.28. The summed E-state index contributed by atoms with van der Waals surface area (Å²) in [4.78, 5) is 13.7. The van der Waals surface area contributed by atoms with Crippen molar-refractivity contribution < 1.29 is 13.2 Å². The van der Waals surface area contributed by atoms with Gasteiger partial charge in [-0.05, 0) is 55.1 Å². The van der Waals surface area contributed by atoms with Gasteiger partial charge in [0, 0.05) is 22.7 Å². The number of nitrogens with one attached hydrogen (secondary N) is 2. The number of anilines is 1. The molecule has 0 aliphatic rings. The molecule has 0 fully saturated rings. The number of rotatable bonds is 6. The van der Waals surface area contributed by atoms with Crippen molar-refractivity contribution in [2.24, 2.45) is 0 Å². The average Bonchev–Trinajstić information content (AvgIpc) is 2.55. The fourth-order valence-electron chi connectivity index (χ4n) is 2.16. The molecule has 7 heteroatoms. The van der Waals surface area contributed by atoms with E-state index in [1.807, 2.05) is 30.5 Å². The standard InChI is InChI=1S/C17H20N2O3S2/c1-4-18-24(21,22)15-10-5-12(2)16(11-15)17(20)19-13-6-8-14(23-3)9-7-13/h5-11,18H,4H2,1-3H3,(H,19,20). The number of sulfonamides is 1. The number of benzene rings is 2. The van der Waals surface area contributed by atoms with Crippen molar-refractivity contribution in [3.63, 3.8) is 0 Å². The molecule has 0 heterocycles. The molecule has 5 nitrogen and oxygen atoms in total. The van der Waals surface area contributed by atoms with Crippen LogP contribution in [0.4, 0.5) is 5.69 Å². The van der Waals surface area contributed by atoms with E-state index >= 15 is 0 Å². The first kappa shape index (κ1) is 18.5. The average molecular weight is 364 g/mol. The second-order valence-electron chi connectivity index (χ2n) is 5.16. The minimum absolute atomic E-state index is 0.0813. The Hall–Kier alpha value is -1.83. The fraction of sp³-hybridized carbons (Fsp3) is 0.235. The smallest absolute Gasteiger partial charge is 0.255 e. The van der Waals surface area contributed by atoms with Crippen molar-refractivity contribution in [2.75, 3.05) is 18.1 Å². The highest BCUT2D eigenvalue weighted by molar-refractivity contribution is 7.98. The molecule has 2 rings (SSSR count). The molecule has 24 heavy (non-hydrogen) atoms. The van der Waals surface area contributed by atoms with E-state index < -0.39 is 10.0 Å². The third-order valence-corrected chi connectivity index (χ3v) is 5.73. The minimum Gasteiger partial charge on any atom is -0.322 e. The Labute approximate surface area is 146 Å². The van der Waals surface area contributed by atoms with Crippen LogP contribution in [-0.2, 0) is 10.0 Å². The maximum atomic E-state index is 12.5. The zero-order chi connectivity index (χ0) is 17.7. The Morgan fingerprint density at radius 3 is 2.38 bits per heavy atom. The number of amides is 1. The van der Waals surface area contributed by atoms with Crippen LogP contribution in [0, 0.1) is 6.92 Å². The van der Waals surface area contributed by atoms with Crippen LogP contribution >= 0.6 is 11.8 Å². The van der Waals surface area contributed by atoms with Crippen molar-refractivity contribution in [3.05, 3.63) is 53.6 Å². The number of aryl methyl sites for hydroxylation is 1. The van der Waals surface area contributed by atoms with Gasteiger partial charge in [0.2, 0.25) is 10.0 Å². The van der Waals surface area contributed by atoms with Gasteiger partial charge in [0.15, 0.2) is 0 Å². The monoisotopic (exact) mass is 364 g/mol. The number of carbonyl (C=O) groups is 1. The summed E-state index contributed by atoms with van der Waals surface area (Å²) in [7, 11) is -3.60. The lowest BCUT2D eigenvalue weighted by Gasteiger charge is -2.11. The summed E-state index contributed by atoms with van der Waals surface area (Å²) in [6.45, 7) is 3.77. The van der Waals surface area contributed by atoms with Crippen molar-refractivity contribution >= 4 is 33.4 Å². The Morgan fingerprint density at radius 2 is 1.79 bits per heavy atom. The highest BCUT2D eigenvalue weighted by Crippen LogP contribution is 2.20. The van der Waals surface area contributed by atoms with Gasteiger partial charge in [-0.15, -0.1) is 11.8 Å². The summed E-state index contributed by atoms with van der Waals surface area (Å²) < 4.78 is 26.6. The van der Waals surface area contributed by atoms with Crippen molar-refractivity contribution in [3.8, 4) is 0 Å². The van der Waals surface area contributed by atoms with Gasteiger partial charge >= 0.3 is 0 Å². The summed E-state index contributed by atoms with van der Waals surface area (Å²) in [5.74, 6) is -0.335. The normalized spacial score (nSPS) is 11.3.